The summed E-state index contributed by atoms with van der Waals surface area (Å²) in [6.07, 6.45) is 30.4. The number of rotatable bonds is 10. The molecule has 0 bridgehead atoms. The van der Waals surface area contributed by atoms with E-state index < -0.39 is 0 Å². The summed E-state index contributed by atoms with van der Waals surface area (Å²) in [4.78, 5) is 0. The smallest absolute Gasteiger partial charge is 0.0528 e. The van der Waals surface area contributed by atoms with Crippen LogP contribution < -0.4 is 0 Å². The van der Waals surface area contributed by atoms with Gasteiger partial charge in [-0.2, -0.15) is 0 Å². The van der Waals surface area contributed by atoms with Gasteiger partial charge in [-0.25, -0.2) is 0 Å². The molecule has 2 heterocycles. The van der Waals surface area contributed by atoms with Gasteiger partial charge < -0.3 is 9.13 Å². The highest BCUT2D eigenvalue weighted by atomic mass is 15.0. The second-order valence-corrected chi connectivity index (χ2v) is 17.5. The van der Waals surface area contributed by atoms with Crippen LogP contribution in [0.25, 0.3) is 69.4 Å². The van der Waals surface area contributed by atoms with Crippen molar-refractivity contribution in [3.05, 3.63) is 238 Å². The lowest BCUT2D eigenvalue weighted by Gasteiger charge is -2.30. The normalized spacial score (nSPS) is 16.2. The van der Waals surface area contributed by atoms with Crippen molar-refractivity contribution in [1.82, 2.24) is 9.13 Å². The molecule has 1 atom stereocenters. The number of aromatic nitrogens is 2. The van der Waals surface area contributed by atoms with Crippen molar-refractivity contribution in [2.24, 2.45) is 0 Å². The van der Waals surface area contributed by atoms with Crippen LogP contribution in [0.1, 0.15) is 101 Å². The van der Waals surface area contributed by atoms with Crippen molar-refractivity contribution in [2.45, 2.75) is 57.3 Å². The standard InChI is InChI=1S/C61H52N2/c1-3-61(4-2)57-39-45(17-15-43-19-27-53(28-20-43)62-37-35-51-41-49(25-33-59(51)62)47-11-7-5-8-12-47)23-31-55(57)56-32-24-46(40-58(56)61)18-16-44-21-29-54(30-22-44)63-38-36-52-42-50(26-34-60(52)63)48-13-9-6-10-14-48/h5,7-9,11-40,42,49H,3-4,6,10,41H2,1-2H3/b17-15+,18-16+. The Kier molecular flexibility index (Phi) is 10.0. The zero-order chi connectivity index (χ0) is 42.3. The Morgan fingerprint density at radius 3 is 1.83 bits per heavy atom. The van der Waals surface area contributed by atoms with Crippen molar-refractivity contribution < 1.29 is 0 Å². The van der Waals surface area contributed by atoms with Crippen molar-refractivity contribution in [3.8, 4) is 22.5 Å². The van der Waals surface area contributed by atoms with Gasteiger partial charge in [0.2, 0.25) is 0 Å². The molecule has 63 heavy (non-hydrogen) atoms. The Hall–Kier alpha value is -7.16. The fourth-order valence-electron chi connectivity index (χ4n) is 10.5. The summed E-state index contributed by atoms with van der Waals surface area (Å²) in [5, 5.41) is 1.27. The van der Waals surface area contributed by atoms with Crippen LogP contribution in [-0.4, -0.2) is 9.13 Å². The third-order valence-corrected chi connectivity index (χ3v) is 14.1. The molecule has 306 valence electrons. The summed E-state index contributed by atoms with van der Waals surface area (Å²) in [7, 11) is 0. The third-order valence-electron chi connectivity index (χ3n) is 14.1. The highest BCUT2D eigenvalue weighted by Crippen LogP contribution is 2.53. The van der Waals surface area contributed by atoms with E-state index in [0.717, 1.165) is 32.1 Å². The summed E-state index contributed by atoms with van der Waals surface area (Å²) in [6, 6.07) is 54.2. The number of hydrogen-bond donors (Lipinski definition) is 0. The Balaban J connectivity index is 0.786. The summed E-state index contributed by atoms with van der Waals surface area (Å²) in [6.45, 7) is 4.71. The molecule has 1 unspecified atom stereocenters. The molecule has 0 radical (unpaired) electrons. The average Bonchev–Trinajstić information content (AvgIpc) is 4.05. The minimum Gasteiger partial charge on any atom is -0.317 e. The highest BCUT2D eigenvalue weighted by Gasteiger charge is 2.40. The van der Waals surface area contributed by atoms with E-state index in [4.69, 9.17) is 0 Å². The minimum absolute atomic E-state index is 0.0164. The van der Waals surface area contributed by atoms with E-state index in [9.17, 15) is 0 Å². The molecule has 8 aromatic rings. The molecule has 0 saturated heterocycles. The quantitative estimate of drug-likeness (QED) is 0.122. The van der Waals surface area contributed by atoms with Crippen molar-refractivity contribution in [3.63, 3.8) is 0 Å². The summed E-state index contributed by atoms with van der Waals surface area (Å²) < 4.78 is 4.61. The van der Waals surface area contributed by atoms with Gasteiger partial charge in [0.15, 0.2) is 0 Å². The molecule has 6 aromatic carbocycles. The van der Waals surface area contributed by atoms with Gasteiger partial charge in [-0.15, -0.1) is 0 Å². The molecule has 2 nitrogen and oxygen atoms in total. The molecular formula is C61H52N2. The number of fused-ring (bicyclic) bond motifs is 5. The number of nitrogens with zero attached hydrogens (tertiary/aromatic N) is 2. The first-order valence-corrected chi connectivity index (χ1v) is 22.8. The highest BCUT2D eigenvalue weighted by molar-refractivity contribution is 5.88. The van der Waals surface area contributed by atoms with Gasteiger partial charge >= 0.3 is 0 Å². The lowest BCUT2D eigenvalue weighted by molar-refractivity contribution is 0.490. The van der Waals surface area contributed by atoms with E-state index in [2.05, 4.69) is 236 Å². The second kappa shape index (κ2) is 16.3. The van der Waals surface area contributed by atoms with E-state index in [0.29, 0.717) is 5.92 Å². The fraction of sp³-hybridized carbons (Fsp3) is 0.148. The Labute approximate surface area is 372 Å². The van der Waals surface area contributed by atoms with Crippen LogP contribution in [0.2, 0.25) is 0 Å². The zero-order valence-electron chi connectivity index (χ0n) is 36.2. The number of benzene rings is 6. The Morgan fingerprint density at radius 1 is 0.571 bits per heavy atom. The van der Waals surface area contributed by atoms with Crippen molar-refractivity contribution in [1.29, 1.82) is 0 Å². The van der Waals surface area contributed by atoms with Crippen LogP contribution in [0.5, 0.6) is 0 Å². The van der Waals surface area contributed by atoms with Crippen molar-refractivity contribution in [2.75, 3.05) is 0 Å². The molecule has 0 aliphatic heterocycles. The number of allylic oxidation sites excluding steroid dienone is 5. The molecule has 0 amide bonds. The Morgan fingerprint density at radius 2 is 1.19 bits per heavy atom. The second-order valence-electron chi connectivity index (χ2n) is 17.5. The molecule has 0 fully saturated rings. The van der Waals surface area contributed by atoms with E-state index in [-0.39, 0.29) is 5.41 Å². The number of hydrogen-bond acceptors (Lipinski definition) is 0. The SMILES string of the molecule is CCC1(CC)c2cc(/C=C/c3ccc(-n4ccc5c4C=CC(c4ccccc4)C5)cc3)ccc2-c2ccc(/C=C/c3ccc(-n4ccc5cc(C6=CCCC=C6)ccc54)cc3)cc21. The molecule has 0 saturated carbocycles. The van der Waals surface area contributed by atoms with Crippen molar-refractivity contribution >= 4 is 46.9 Å². The molecule has 0 N–H and O–H groups in total. The predicted octanol–water partition coefficient (Wildman–Crippen LogP) is 15.9. The van der Waals surface area contributed by atoms with Gasteiger partial charge in [-0.05, 0) is 153 Å². The maximum absolute atomic E-state index is 2.45. The molecule has 0 spiro atoms. The maximum atomic E-state index is 2.45. The van der Waals surface area contributed by atoms with Crippen LogP contribution in [0.3, 0.4) is 0 Å². The van der Waals surface area contributed by atoms with Gasteiger partial charge in [0, 0.05) is 46.2 Å². The topological polar surface area (TPSA) is 9.86 Å². The first-order valence-electron chi connectivity index (χ1n) is 22.8. The molecule has 3 aliphatic carbocycles. The fourth-order valence-corrected chi connectivity index (χ4v) is 10.5. The summed E-state index contributed by atoms with van der Waals surface area (Å²) in [5.74, 6) is 0.431. The lowest BCUT2D eigenvalue weighted by Crippen LogP contribution is -2.23. The van der Waals surface area contributed by atoms with Crippen LogP contribution in [0.4, 0.5) is 0 Å². The van der Waals surface area contributed by atoms with Crippen LogP contribution in [0.15, 0.2) is 182 Å². The Bertz CT molecular complexity index is 3130. The van der Waals surface area contributed by atoms with Gasteiger partial charge in [0.25, 0.3) is 0 Å². The van der Waals surface area contributed by atoms with Crippen LogP contribution >= 0.6 is 0 Å². The third kappa shape index (κ3) is 7.10. The molecule has 2 aromatic heterocycles. The van der Waals surface area contributed by atoms with Gasteiger partial charge in [0.05, 0.1) is 5.52 Å². The van der Waals surface area contributed by atoms with E-state index in [1.165, 1.54) is 94.7 Å². The average molecular weight is 813 g/mol. The first-order chi connectivity index (χ1) is 31.1. The van der Waals surface area contributed by atoms with E-state index in [1.54, 1.807) is 0 Å². The largest absolute Gasteiger partial charge is 0.317 e. The van der Waals surface area contributed by atoms with Gasteiger partial charge in [-0.3, -0.25) is 0 Å². The predicted molar refractivity (Wildman–Crippen MR) is 268 cm³/mol. The molecule has 2 heteroatoms. The van der Waals surface area contributed by atoms with E-state index in [1.807, 2.05) is 0 Å². The minimum atomic E-state index is -0.0164. The van der Waals surface area contributed by atoms with Gasteiger partial charge in [-0.1, -0.05) is 160 Å². The lowest BCUT2D eigenvalue weighted by atomic mass is 9.73. The summed E-state index contributed by atoms with van der Waals surface area (Å²) in [5.41, 5.74) is 20.8. The molecule has 11 rings (SSSR count). The monoisotopic (exact) mass is 812 g/mol. The molecule has 3 aliphatic rings. The maximum Gasteiger partial charge on any atom is 0.0528 e. The molecular weight excluding hydrogens is 761 g/mol. The first kappa shape index (κ1) is 38.7. The van der Waals surface area contributed by atoms with Crippen LogP contribution in [0, 0.1) is 0 Å². The van der Waals surface area contributed by atoms with E-state index >= 15 is 0 Å². The summed E-state index contributed by atoms with van der Waals surface area (Å²) >= 11 is 0. The van der Waals surface area contributed by atoms with Crippen LogP contribution in [-0.2, 0) is 11.8 Å². The van der Waals surface area contributed by atoms with Gasteiger partial charge in [0.1, 0.15) is 0 Å². The zero-order valence-corrected chi connectivity index (χ0v) is 36.2.